The highest BCUT2D eigenvalue weighted by atomic mass is 16.5. The van der Waals surface area contributed by atoms with E-state index in [9.17, 15) is 4.79 Å². The molecule has 108 valence electrons. The van der Waals surface area contributed by atoms with Crippen LogP contribution >= 0.6 is 0 Å². The van der Waals surface area contributed by atoms with Gasteiger partial charge in [0.15, 0.2) is 0 Å². The van der Waals surface area contributed by atoms with Crippen molar-refractivity contribution in [2.24, 2.45) is 0 Å². The molecule has 2 aromatic carbocycles. The second-order valence-electron chi connectivity index (χ2n) is 5.17. The molecule has 0 radical (unpaired) electrons. The fraction of sp³-hybridized carbons (Fsp3) is 0.235. The van der Waals surface area contributed by atoms with Crippen LogP contribution in [0.1, 0.15) is 22.7 Å². The van der Waals surface area contributed by atoms with Crippen LogP contribution in [0.5, 0.6) is 5.75 Å². The Balaban J connectivity index is 1.60. The average molecular weight is 283 g/mol. The Kier molecular flexibility index (Phi) is 3.88. The Hall–Kier alpha value is -2.33. The van der Waals surface area contributed by atoms with Crippen LogP contribution in [0.3, 0.4) is 0 Å². The predicted octanol–water partition coefficient (Wildman–Crippen LogP) is 2.54. The number of benzene rings is 2. The standard InChI is InChI=1S/C17H17NO3/c19-17(20)9-12-5-7-13(8-6-12)10-18-15-11-21-16-4-2-1-3-14(15)16/h1-8,15,18H,9-11H2,(H,19,20). The molecule has 0 fully saturated rings. The quantitative estimate of drug-likeness (QED) is 0.885. The van der Waals surface area contributed by atoms with E-state index in [0.29, 0.717) is 6.61 Å². The summed E-state index contributed by atoms with van der Waals surface area (Å²) in [7, 11) is 0. The van der Waals surface area contributed by atoms with Crippen molar-refractivity contribution < 1.29 is 14.6 Å². The van der Waals surface area contributed by atoms with E-state index in [1.54, 1.807) is 0 Å². The summed E-state index contributed by atoms with van der Waals surface area (Å²) in [6, 6.07) is 15.9. The number of hydrogen-bond donors (Lipinski definition) is 2. The van der Waals surface area contributed by atoms with Crippen molar-refractivity contribution in [2.75, 3.05) is 6.61 Å². The minimum absolute atomic E-state index is 0.0670. The van der Waals surface area contributed by atoms with Crippen molar-refractivity contribution in [1.29, 1.82) is 0 Å². The number of para-hydroxylation sites is 1. The summed E-state index contributed by atoms with van der Waals surface area (Å²) in [4.78, 5) is 10.6. The lowest BCUT2D eigenvalue weighted by molar-refractivity contribution is -0.136. The van der Waals surface area contributed by atoms with E-state index >= 15 is 0 Å². The molecule has 4 nitrogen and oxygen atoms in total. The van der Waals surface area contributed by atoms with E-state index in [1.165, 1.54) is 5.56 Å². The van der Waals surface area contributed by atoms with Gasteiger partial charge in [-0.1, -0.05) is 42.5 Å². The third kappa shape index (κ3) is 3.23. The maximum absolute atomic E-state index is 10.6. The molecule has 1 heterocycles. The van der Waals surface area contributed by atoms with Crippen molar-refractivity contribution in [3.8, 4) is 5.75 Å². The van der Waals surface area contributed by atoms with E-state index in [1.807, 2.05) is 42.5 Å². The Bertz CT molecular complexity index is 637. The van der Waals surface area contributed by atoms with E-state index in [2.05, 4.69) is 11.4 Å². The molecule has 2 N–H and O–H groups in total. The van der Waals surface area contributed by atoms with E-state index < -0.39 is 5.97 Å². The second-order valence-corrected chi connectivity index (χ2v) is 5.17. The van der Waals surface area contributed by atoms with Gasteiger partial charge in [0, 0.05) is 12.1 Å². The Morgan fingerprint density at radius 3 is 2.62 bits per heavy atom. The van der Waals surface area contributed by atoms with Crippen LogP contribution in [0.4, 0.5) is 0 Å². The van der Waals surface area contributed by atoms with Gasteiger partial charge in [-0.05, 0) is 17.2 Å². The third-order valence-corrected chi connectivity index (χ3v) is 3.63. The van der Waals surface area contributed by atoms with Crippen molar-refractivity contribution in [3.05, 3.63) is 65.2 Å². The molecule has 1 aliphatic heterocycles. The molecule has 3 rings (SSSR count). The van der Waals surface area contributed by atoms with Crippen molar-refractivity contribution in [2.45, 2.75) is 19.0 Å². The lowest BCUT2D eigenvalue weighted by atomic mass is 10.1. The molecule has 0 spiro atoms. The SMILES string of the molecule is O=C(O)Cc1ccc(CNC2COc3ccccc32)cc1. The number of carboxylic acids is 1. The first-order chi connectivity index (χ1) is 10.2. The van der Waals surface area contributed by atoms with Crippen molar-refractivity contribution >= 4 is 5.97 Å². The highest BCUT2D eigenvalue weighted by Gasteiger charge is 2.22. The molecule has 4 heteroatoms. The number of rotatable bonds is 5. The summed E-state index contributed by atoms with van der Waals surface area (Å²) in [5.74, 6) is 0.146. The van der Waals surface area contributed by atoms with Gasteiger partial charge in [0.25, 0.3) is 0 Å². The Morgan fingerprint density at radius 1 is 1.14 bits per heavy atom. The van der Waals surface area contributed by atoms with Gasteiger partial charge in [-0.15, -0.1) is 0 Å². The summed E-state index contributed by atoms with van der Waals surface area (Å²) < 4.78 is 5.63. The number of fused-ring (bicyclic) bond motifs is 1. The van der Waals surface area contributed by atoms with Crippen molar-refractivity contribution in [3.63, 3.8) is 0 Å². The van der Waals surface area contributed by atoms with Crippen molar-refractivity contribution in [1.82, 2.24) is 5.32 Å². The largest absolute Gasteiger partial charge is 0.491 e. The zero-order valence-electron chi connectivity index (χ0n) is 11.6. The number of carbonyl (C=O) groups is 1. The van der Waals surface area contributed by atoms with Gasteiger partial charge in [-0.3, -0.25) is 4.79 Å². The fourth-order valence-electron chi connectivity index (χ4n) is 2.52. The molecule has 21 heavy (non-hydrogen) atoms. The third-order valence-electron chi connectivity index (χ3n) is 3.63. The summed E-state index contributed by atoms with van der Waals surface area (Å²) in [6.45, 7) is 1.38. The molecular formula is C17H17NO3. The maximum atomic E-state index is 10.6. The Morgan fingerprint density at radius 2 is 1.86 bits per heavy atom. The van der Waals surface area contributed by atoms with E-state index in [4.69, 9.17) is 9.84 Å². The number of ether oxygens (including phenoxy) is 1. The van der Waals surface area contributed by atoms with E-state index in [-0.39, 0.29) is 12.5 Å². The topological polar surface area (TPSA) is 58.6 Å². The number of nitrogens with one attached hydrogen (secondary N) is 1. The molecule has 0 amide bonds. The summed E-state index contributed by atoms with van der Waals surface area (Å²) in [5.41, 5.74) is 3.15. The molecule has 2 aromatic rings. The summed E-state index contributed by atoms with van der Waals surface area (Å²) in [5, 5.41) is 12.2. The lowest BCUT2D eigenvalue weighted by Gasteiger charge is -2.12. The molecule has 0 bridgehead atoms. The minimum atomic E-state index is -0.805. The van der Waals surface area contributed by atoms with Crippen LogP contribution in [0.2, 0.25) is 0 Å². The molecule has 1 unspecified atom stereocenters. The van der Waals surface area contributed by atoms with Crippen LogP contribution in [0.25, 0.3) is 0 Å². The van der Waals surface area contributed by atoms with E-state index in [0.717, 1.165) is 23.4 Å². The number of aliphatic carboxylic acids is 1. The molecule has 0 aliphatic carbocycles. The van der Waals surface area contributed by atoms with Gasteiger partial charge < -0.3 is 15.2 Å². The lowest BCUT2D eigenvalue weighted by Crippen LogP contribution is -2.21. The smallest absolute Gasteiger partial charge is 0.307 e. The molecule has 0 saturated heterocycles. The fourth-order valence-corrected chi connectivity index (χ4v) is 2.52. The first-order valence-electron chi connectivity index (χ1n) is 6.97. The van der Waals surface area contributed by atoms with Crippen LogP contribution in [-0.4, -0.2) is 17.7 Å². The molecule has 0 saturated carbocycles. The van der Waals surface area contributed by atoms with Gasteiger partial charge in [0.1, 0.15) is 12.4 Å². The summed E-state index contributed by atoms with van der Waals surface area (Å²) >= 11 is 0. The van der Waals surface area contributed by atoms with Gasteiger partial charge in [-0.2, -0.15) is 0 Å². The maximum Gasteiger partial charge on any atom is 0.307 e. The highest BCUT2D eigenvalue weighted by molar-refractivity contribution is 5.70. The van der Waals surface area contributed by atoms with Gasteiger partial charge in [0.2, 0.25) is 0 Å². The molecule has 0 aromatic heterocycles. The molecule has 1 atom stereocenters. The van der Waals surface area contributed by atoms with Crippen LogP contribution in [0.15, 0.2) is 48.5 Å². The van der Waals surface area contributed by atoms with Crippen LogP contribution in [-0.2, 0) is 17.8 Å². The molecule has 1 aliphatic rings. The second kappa shape index (κ2) is 5.97. The first-order valence-corrected chi connectivity index (χ1v) is 6.97. The number of carboxylic acid groups (broad SMARTS) is 1. The van der Waals surface area contributed by atoms with Crippen LogP contribution < -0.4 is 10.1 Å². The summed E-state index contributed by atoms with van der Waals surface area (Å²) in [6.07, 6.45) is 0.0670. The molecular weight excluding hydrogens is 266 g/mol. The average Bonchev–Trinajstić information content (AvgIpc) is 2.89. The number of hydrogen-bond acceptors (Lipinski definition) is 3. The highest BCUT2D eigenvalue weighted by Crippen LogP contribution is 2.31. The Labute approximate surface area is 123 Å². The zero-order valence-corrected chi connectivity index (χ0v) is 11.6. The van der Waals surface area contributed by atoms with Gasteiger partial charge in [0.05, 0.1) is 12.5 Å². The van der Waals surface area contributed by atoms with Gasteiger partial charge >= 0.3 is 5.97 Å². The first kappa shape index (κ1) is 13.6. The normalized spacial score (nSPS) is 16.3. The minimum Gasteiger partial charge on any atom is -0.491 e. The zero-order chi connectivity index (χ0) is 14.7. The monoisotopic (exact) mass is 283 g/mol. The predicted molar refractivity (Wildman–Crippen MR) is 79.3 cm³/mol. The van der Waals surface area contributed by atoms with Gasteiger partial charge in [-0.25, -0.2) is 0 Å². The van der Waals surface area contributed by atoms with Crippen LogP contribution in [0, 0.1) is 0 Å².